The van der Waals surface area contributed by atoms with Gasteiger partial charge in [0.25, 0.3) is 5.91 Å². The van der Waals surface area contributed by atoms with E-state index < -0.39 is 5.97 Å². The van der Waals surface area contributed by atoms with Gasteiger partial charge >= 0.3 is 5.97 Å². The van der Waals surface area contributed by atoms with Crippen molar-refractivity contribution in [2.75, 3.05) is 21.1 Å². The van der Waals surface area contributed by atoms with E-state index in [0.29, 0.717) is 16.5 Å². The number of hydrogen-bond donors (Lipinski definition) is 1. The smallest absolute Gasteiger partial charge is 0.329 e. The minimum absolute atomic E-state index is 0.134. The van der Waals surface area contributed by atoms with Crippen LogP contribution in [0.3, 0.4) is 0 Å². The zero-order chi connectivity index (χ0) is 14.5. The molecule has 1 amide bonds. The highest BCUT2D eigenvalue weighted by molar-refractivity contribution is 5.93. The van der Waals surface area contributed by atoms with Gasteiger partial charge < -0.3 is 9.59 Å². The van der Waals surface area contributed by atoms with Crippen LogP contribution in [0, 0.1) is 0 Å². The lowest BCUT2D eigenvalue weighted by Crippen LogP contribution is -2.55. The maximum Gasteiger partial charge on any atom is 0.329 e. The number of quaternary nitrogens is 1. The highest BCUT2D eigenvalue weighted by atomic mass is 16.4. The molecule has 18 heavy (non-hydrogen) atoms. The van der Waals surface area contributed by atoms with Crippen molar-refractivity contribution in [2.24, 2.45) is 0 Å². The molecule has 0 aliphatic carbocycles. The molecule has 102 valence electrons. The number of carbonyl (C=O) groups is 2. The highest BCUT2D eigenvalue weighted by Crippen LogP contribution is 2.16. The first kappa shape index (κ1) is 16.4. The molecule has 1 N–H and O–H groups in total. The van der Waals surface area contributed by atoms with E-state index in [-0.39, 0.29) is 12.1 Å². The molecule has 0 bridgehead atoms. The fourth-order valence-electron chi connectivity index (χ4n) is 1.78. The van der Waals surface area contributed by atoms with Gasteiger partial charge in [-0.2, -0.15) is 0 Å². The largest absolute Gasteiger partial charge is 0.478 e. The van der Waals surface area contributed by atoms with Crippen molar-refractivity contribution >= 4 is 11.9 Å². The summed E-state index contributed by atoms with van der Waals surface area (Å²) in [6.45, 7) is 7.20. The molecule has 0 spiro atoms. The molecule has 0 heterocycles. The number of hydrogen-bond acceptors (Lipinski definition) is 2. The average Bonchev–Trinajstić information content (AvgIpc) is 2.20. The van der Waals surface area contributed by atoms with E-state index in [1.54, 1.807) is 6.92 Å². The van der Waals surface area contributed by atoms with E-state index in [0.717, 1.165) is 6.08 Å². The first-order valence-corrected chi connectivity index (χ1v) is 5.81. The quantitative estimate of drug-likeness (QED) is 0.444. The second kappa shape index (κ2) is 6.35. The summed E-state index contributed by atoms with van der Waals surface area (Å²) in [4.78, 5) is 24.1. The first-order valence-electron chi connectivity index (χ1n) is 5.81. The third-order valence-corrected chi connectivity index (χ3v) is 2.56. The lowest BCUT2D eigenvalue weighted by molar-refractivity contribution is -0.905. The lowest BCUT2D eigenvalue weighted by atomic mass is 10.2. The molecule has 5 heteroatoms. The zero-order valence-electron chi connectivity index (χ0n) is 11.8. The number of aliphatic carboxylic acids is 1. The molecule has 0 saturated heterocycles. The molecule has 0 rings (SSSR count). The number of rotatable bonds is 6. The SMILES string of the molecule is C=C(C)C(=O)N(C=CC(=O)O)C(CC)[N+](C)(C)C. The van der Waals surface area contributed by atoms with Crippen molar-refractivity contribution in [3.8, 4) is 0 Å². The number of carboxylic acid groups (broad SMARTS) is 1. The van der Waals surface area contributed by atoms with E-state index in [2.05, 4.69) is 6.58 Å². The van der Waals surface area contributed by atoms with Crippen LogP contribution in [-0.2, 0) is 9.59 Å². The molecule has 0 fully saturated rings. The fourth-order valence-corrected chi connectivity index (χ4v) is 1.78. The summed E-state index contributed by atoms with van der Waals surface area (Å²) in [6.07, 6.45) is 2.87. The molecule has 0 saturated carbocycles. The summed E-state index contributed by atoms with van der Waals surface area (Å²) in [7, 11) is 5.88. The lowest BCUT2D eigenvalue weighted by Gasteiger charge is -2.39. The zero-order valence-corrected chi connectivity index (χ0v) is 11.8. The van der Waals surface area contributed by atoms with E-state index >= 15 is 0 Å². The second-order valence-electron chi connectivity index (χ2n) is 5.15. The van der Waals surface area contributed by atoms with E-state index in [1.165, 1.54) is 11.1 Å². The molecule has 0 aliphatic rings. The van der Waals surface area contributed by atoms with Crippen molar-refractivity contribution in [2.45, 2.75) is 26.4 Å². The van der Waals surface area contributed by atoms with Crippen molar-refractivity contribution in [3.05, 3.63) is 24.4 Å². The summed E-state index contributed by atoms with van der Waals surface area (Å²) in [5, 5.41) is 8.69. The van der Waals surface area contributed by atoms with Crippen LogP contribution in [0.5, 0.6) is 0 Å². The minimum atomic E-state index is -1.08. The van der Waals surface area contributed by atoms with Crippen LogP contribution in [0.1, 0.15) is 20.3 Å². The summed E-state index contributed by atoms with van der Waals surface area (Å²) >= 11 is 0. The van der Waals surface area contributed by atoms with Crippen LogP contribution in [0.4, 0.5) is 0 Å². The number of carboxylic acids is 1. The van der Waals surface area contributed by atoms with Gasteiger partial charge in [-0.3, -0.25) is 9.69 Å². The van der Waals surface area contributed by atoms with Crippen LogP contribution >= 0.6 is 0 Å². The van der Waals surface area contributed by atoms with Gasteiger partial charge in [-0.25, -0.2) is 4.79 Å². The van der Waals surface area contributed by atoms with Crippen molar-refractivity contribution < 1.29 is 19.2 Å². The summed E-state index contributed by atoms with van der Waals surface area (Å²) < 4.78 is 0.527. The Morgan fingerprint density at radius 2 is 1.89 bits per heavy atom. The Morgan fingerprint density at radius 1 is 1.39 bits per heavy atom. The summed E-state index contributed by atoms with van der Waals surface area (Å²) in [5.41, 5.74) is 0.386. The molecule has 0 aromatic carbocycles. The van der Waals surface area contributed by atoms with Crippen LogP contribution in [-0.4, -0.2) is 53.7 Å². The number of nitrogens with zero attached hydrogens (tertiary/aromatic N) is 2. The number of amides is 1. The Labute approximate surface area is 109 Å². The van der Waals surface area contributed by atoms with Crippen molar-refractivity contribution in [1.82, 2.24) is 4.90 Å². The van der Waals surface area contributed by atoms with Gasteiger partial charge in [0.05, 0.1) is 21.1 Å². The normalized spacial score (nSPS) is 13.4. The second-order valence-corrected chi connectivity index (χ2v) is 5.15. The Morgan fingerprint density at radius 3 is 2.17 bits per heavy atom. The molecule has 0 aromatic heterocycles. The van der Waals surface area contributed by atoms with Gasteiger partial charge in [0.15, 0.2) is 6.17 Å². The standard InChI is InChI=1S/C13H22N2O3/c1-7-11(15(4,5)6)14(9-8-12(16)17)13(18)10(2)3/h8-9,11H,2,7H2,1,3-6H3/p+1. The Kier molecular flexibility index (Phi) is 5.78. The summed E-state index contributed by atoms with van der Waals surface area (Å²) in [6, 6.07) is 0. The maximum absolute atomic E-state index is 12.1. The minimum Gasteiger partial charge on any atom is -0.478 e. The molecule has 0 aliphatic heterocycles. The molecule has 1 unspecified atom stereocenters. The first-order chi connectivity index (χ1) is 8.11. The van der Waals surface area contributed by atoms with E-state index in [4.69, 9.17) is 5.11 Å². The molecule has 1 atom stereocenters. The molecule has 0 radical (unpaired) electrons. The van der Waals surface area contributed by atoms with Gasteiger partial charge in [0.1, 0.15) is 0 Å². The molecular formula is C13H23N2O3+. The van der Waals surface area contributed by atoms with Gasteiger partial charge in [0, 0.05) is 24.3 Å². The third kappa shape index (κ3) is 4.71. The van der Waals surface area contributed by atoms with Gasteiger partial charge in [-0.15, -0.1) is 0 Å². The highest BCUT2D eigenvalue weighted by Gasteiger charge is 2.31. The molecule has 5 nitrogen and oxygen atoms in total. The van der Waals surface area contributed by atoms with Gasteiger partial charge in [-0.1, -0.05) is 13.5 Å². The van der Waals surface area contributed by atoms with Crippen molar-refractivity contribution in [1.29, 1.82) is 0 Å². The Bertz CT molecular complexity index is 367. The topological polar surface area (TPSA) is 57.6 Å². The number of carbonyl (C=O) groups excluding carboxylic acids is 1. The third-order valence-electron chi connectivity index (χ3n) is 2.56. The molecule has 0 aromatic rings. The van der Waals surface area contributed by atoms with Crippen LogP contribution in [0.15, 0.2) is 24.4 Å². The Hall–Kier alpha value is -1.62. The monoisotopic (exact) mass is 255 g/mol. The van der Waals surface area contributed by atoms with Gasteiger partial charge in [0.2, 0.25) is 0 Å². The van der Waals surface area contributed by atoms with Crippen molar-refractivity contribution in [3.63, 3.8) is 0 Å². The summed E-state index contributed by atoms with van der Waals surface area (Å²) in [5.74, 6) is -1.34. The maximum atomic E-state index is 12.1. The van der Waals surface area contributed by atoms with E-state index in [1.807, 2.05) is 28.1 Å². The predicted octanol–water partition coefficient (Wildman–Crippen LogP) is 1.43. The van der Waals surface area contributed by atoms with Crippen LogP contribution in [0.25, 0.3) is 0 Å². The van der Waals surface area contributed by atoms with E-state index in [9.17, 15) is 9.59 Å². The van der Waals surface area contributed by atoms with Gasteiger partial charge in [-0.05, 0) is 6.92 Å². The van der Waals surface area contributed by atoms with Crippen LogP contribution < -0.4 is 0 Å². The fraction of sp³-hybridized carbons (Fsp3) is 0.538. The Balaban J connectivity index is 5.38. The average molecular weight is 255 g/mol. The molecular weight excluding hydrogens is 232 g/mol. The van der Waals surface area contributed by atoms with Crippen LogP contribution in [0.2, 0.25) is 0 Å². The predicted molar refractivity (Wildman–Crippen MR) is 70.5 cm³/mol.